The Hall–Kier alpha value is -3.31. The molecule has 248 valence electrons. The number of nitrogens with two attached hydrogens (primary N) is 2. The monoisotopic (exact) mass is 618 g/mol. The number of benzene rings is 1. The van der Waals surface area contributed by atoms with Gasteiger partial charge in [-0.25, -0.2) is 4.79 Å². The first kappa shape index (κ1) is 38.7. The van der Waals surface area contributed by atoms with Gasteiger partial charge in [-0.1, -0.05) is 71.4 Å². The van der Waals surface area contributed by atoms with Crippen molar-refractivity contribution in [3.8, 4) is 0 Å². The van der Waals surface area contributed by atoms with Crippen molar-refractivity contribution >= 4 is 29.5 Å². The molecule has 2 amide bonds. The Kier molecular flexibility index (Phi) is 14.7. The second-order valence-electron chi connectivity index (χ2n) is 13.7. The highest BCUT2D eigenvalue weighted by Gasteiger charge is 2.49. The second-order valence-corrected chi connectivity index (χ2v) is 13.7. The number of nitrogens with one attached hydrogen (secondary N) is 2. The molecule has 44 heavy (non-hydrogen) atoms. The van der Waals surface area contributed by atoms with Crippen molar-refractivity contribution < 1.29 is 33.8 Å². The first-order chi connectivity index (χ1) is 20.2. The fourth-order valence-electron chi connectivity index (χ4n) is 5.03. The molecule has 0 saturated carbocycles. The molecule has 0 saturated heterocycles. The van der Waals surface area contributed by atoms with E-state index in [9.17, 15) is 29.1 Å². The molecular formula is C33H54N4O7. The van der Waals surface area contributed by atoms with Crippen LogP contribution in [0.1, 0.15) is 99.5 Å². The molecule has 1 rings (SSSR count). The van der Waals surface area contributed by atoms with E-state index in [1.807, 2.05) is 51.1 Å². The number of aliphatic carboxylic acids is 1. The van der Waals surface area contributed by atoms with Crippen molar-refractivity contribution in [2.24, 2.45) is 22.8 Å². The minimum absolute atomic E-state index is 0.00354. The summed E-state index contributed by atoms with van der Waals surface area (Å²) in [7, 11) is 0. The minimum atomic E-state index is -2.07. The normalized spacial score (nSPS) is 15.4. The summed E-state index contributed by atoms with van der Waals surface area (Å²) in [5, 5.41) is 14.8. The van der Waals surface area contributed by atoms with Gasteiger partial charge in [0.2, 0.25) is 11.8 Å². The Morgan fingerprint density at radius 3 is 2.02 bits per heavy atom. The van der Waals surface area contributed by atoms with Gasteiger partial charge in [-0.05, 0) is 70.8 Å². The Balaban J connectivity index is 3.30. The van der Waals surface area contributed by atoms with Crippen LogP contribution in [0.5, 0.6) is 0 Å². The Bertz CT molecular complexity index is 1130. The van der Waals surface area contributed by atoms with Crippen LogP contribution in [0.3, 0.4) is 0 Å². The summed E-state index contributed by atoms with van der Waals surface area (Å²) in [6.45, 7) is 14.1. The second kappa shape index (κ2) is 16.7. The van der Waals surface area contributed by atoms with E-state index in [-0.39, 0.29) is 38.0 Å². The summed E-state index contributed by atoms with van der Waals surface area (Å²) in [6, 6.07) is 6.10. The van der Waals surface area contributed by atoms with Crippen LogP contribution in [-0.2, 0) is 35.1 Å². The van der Waals surface area contributed by atoms with E-state index in [4.69, 9.17) is 16.2 Å². The molecule has 0 bridgehead atoms. The number of ether oxygens (including phenoxy) is 1. The number of carboxylic acid groups (broad SMARTS) is 1. The maximum absolute atomic E-state index is 14.1. The SMILES string of the molecule is CCC[C@H](NC(=O)[C@@](N)(CCCC(N)C(=O)OC(C)(C)C)C(=O)C(C)(C)Cc1ccccc1)C(=O)N[C@@H](CC(C)C)C(=O)O. The molecule has 1 aromatic carbocycles. The number of rotatable bonds is 18. The van der Waals surface area contributed by atoms with Gasteiger partial charge in [0.05, 0.1) is 0 Å². The molecule has 11 heteroatoms. The third-order valence-electron chi connectivity index (χ3n) is 7.23. The van der Waals surface area contributed by atoms with Gasteiger partial charge in [0.1, 0.15) is 23.7 Å². The number of carbonyl (C=O) groups excluding carboxylic acids is 4. The summed E-state index contributed by atoms with van der Waals surface area (Å²) >= 11 is 0. The molecule has 0 aromatic heterocycles. The van der Waals surface area contributed by atoms with E-state index in [0.717, 1.165) is 5.56 Å². The lowest BCUT2D eigenvalue weighted by Crippen LogP contribution is -2.65. The molecule has 4 atom stereocenters. The molecule has 11 nitrogen and oxygen atoms in total. The third kappa shape index (κ3) is 12.4. The van der Waals surface area contributed by atoms with E-state index in [2.05, 4.69) is 10.6 Å². The molecule has 0 aliphatic rings. The van der Waals surface area contributed by atoms with Gasteiger partial charge in [0, 0.05) is 5.41 Å². The van der Waals surface area contributed by atoms with Crippen LogP contribution in [0.2, 0.25) is 0 Å². The van der Waals surface area contributed by atoms with Crippen molar-refractivity contribution in [1.29, 1.82) is 0 Å². The molecule has 0 radical (unpaired) electrons. The fourth-order valence-corrected chi connectivity index (χ4v) is 5.03. The summed E-state index contributed by atoms with van der Waals surface area (Å²) < 4.78 is 5.35. The molecule has 0 aliphatic heterocycles. The minimum Gasteiger partial charge on any atom is -0.480 e. The third-order valence-corrected chi connectivity index (χ3v) is 7.23. The number of carbonyl (C=O) groups is 5. The lowest BCUT2D eigenvalue weighted by Gasteiger charge is -2.36. The maximum atomic E-state index is 14.1. The lowest BCUT2D eigenvalue weighted by molar-refractivity contribution is -0.156. The molecule has 1 aromatic rings. The van der Waals surface area contributed by atoms with Crippen LogP contribution < -0.4 is 22.1 Å². The van der Waals surface area contributed by atoms with Crippen molar-refractivity contribution in [2.75, 3.05) is 0 Å². The van der Waals surface area contributed by atoms with Gasteiger partial charge >= 0.3 is 11.9 Å². The average Bonchev–Trinajstić information content (AvgIpc) is 2.90. The first-order valence-corrected chi connectivity index (χ1v) is 15.4. The van der Waals surface area contributed by atoms with Crippen LogP contribution in [0.15, 0.2) is 30.3 Å². The fraction of sp³-hybridized carbons (Fsp3) is 0.667. The molecule has 1 unspecified atom stereocenters. The van der Waals surface area contributed by atoms with E-state index in [1.54, 1.807) is 34.6 Å². The van der Waals surface area contributed by atoms with Crippen LogP contribution in [0.25, 0.3) is 0 Å². The van der Waals surface area contributed by atoms with Gasteiger partial charge in [-0.15, -0.1) is 0 Å². The Morgan fingerprint density at radius 1 is 0.932 bits per heavy atom. The lowest BCUT2D eigenvalue weighted by atomic mass is 9.71. The molecule has 0 spiro atoms. The van der Waals surface area contributed by atoms with E-state index >= 15 is 0 Å². The van der Waals surface area contributed by atoms with E-state index < -0.39 is 64.2 Å². The number of hydrogen-bond acceptors (Lipinski definition) is 8. The zero-order chi connectivity index (χ0) is 33.9. The molecule has 7 N–H and O–H groups in total. The summed E-state index contributed by atoms with van der Waals surface area (Å²) in [5.41, 5.74) is 9.77. The predicted octanol–water partition coefficient (Wildman–Crippen LogP) is 3.26. The van der Waals surface area contributed by atoms with E-state index in [1.165, 1.54) is 0 Å². The average molecular weight is 619 g/mol. The summed E-state index contributed by atoms with van der Waals surface area (Å²) in [4.78, 5) is 65.5. The summed E-state index contributed by atoms with van der Waals surface area (Å²) in [6.07, 6.45) is 1.34. The zero-order valence-electron chi connectivity index (χ0n) is 27.7. The number of esters is 1. The molecule has 0 aliphatic carbocycles. The molecule has 0 fully saturated rings. The van der Waals surface area contributed by atoms with Crippen LogP contribution >= 0.6 is 0 Å². The number of ketones is 1. The highest BCUT2D eigenvalue weighted by atomic mass is 16.6. The van der Waals surface area contributed by atoms with Gasteiger partial charge in [-0.2, -0.15) is 0 Å². The zero-order valence-corrected chi connectivity index (χ0v) is 27.7. The summed E-state index contributed by atoms with van der Waals surface area (Å²) in [5.74, 6) is -3.83. The van der Waals surface area contributed by atoms with Crippen LogP contribution in [-0.4, -0.2) is 63.9 Å². The van der Waals surface area contributed by atoms with Gasteiger partial charge in [0.15, 0.2) is 11.3 Å². The van der Waals surface area contributed by atoms with Gasteiger partial charge in [0.25, 0.3) is 0 Å². The topological polar surface area (TPSA) is 191 Å². The quantitative estimate of drug-likeness (QED) is 0.121. The van der Waals surface area contributed by atoms with Gasteiger partial charge in [-0.3, -0.25) is 19.2 Å². The smallest absolute Gasteiger partial charge is 0.326 e. The van der Waals surface area contributed by atoms with Crippen molar-refractivity contribution in [1.82, 2.24) is 10.6 Å². The Labute approximate surface area is 262 Å². The van der Waals surface area contributed by atoms with Crippen LogP contribution in [0, 0.1) is 11.3 Å². The predicted molar refractivity (Wildman–Crippen MR) is 169 cm³/mol. The van der Waals surface area contributed by atoms with Crippen molar-refractivity contribution in [3.05, 3.63) is 35.9 Å². The molecular weight excluding hydrogens is 564 g/mol. The van der Waals surface area contributed by atoms with Crippen molar-refractivity contribution in [3.63, 3.8) is 0 Å². The molecule has 0 heterocycles. The van der Waals surface area contributed by atoms with Gasteiger partial charge < -0.3 is 31.9 Å². The Morgan fingerprint density at radius 2 is 1.52 bits per heavy atom. The van der Waals surface area contributed by atoms with Crippen molar-refractivity contribution in [2.45, 2.75) is 130 Å². The number of hydrogen-bond donors (Lipinski definition) is 5. The first-order valence-electron chi connectivity index (χ1n) is 15.4. The maximum Gasteiger partial charge on any atom is 0.326 e. The number of carboxylic acids is 1. The van der Waals surface area contributed by atoms with Crippen LogP contribution in [0.4, 0.5) is 0 Å². The largest absolute Gasteiger partial charge is 0.480 e. The highest BCUT2D eigenvalue weighted by Crippen LogP contribution is 2.31. The highest BCUT2D eigenvalue weighted by molar-refractivity contribution is 6.13. The standard InChI is InChI=1S/C33H54N4O7/c1-9-14-24(26(38)36-25(27(39)40)19-21(2)3)37-30(43)33(35,18-13-17-23(34)28(41)44-31(4,5)6)29(42)32(7,8)20-22-15-11-10-12-16-22/h10-12,15-16,21,23-25H,9,13-14,17-20,34-35H2,1-8H3,(H,36,38)(H,37,43)(H,39,40)/t23?,24-,25-,33+/m0/s1. The number of Topliss-reactive ketones (excluding diaryl/α,β-unsaturated/α-hetero) is 1. The van der Waals surface area contributed by atoms with E-state index in [0.29, 0.717) is 12.8 Å². The number of amides is 2.